The van der Waals surface area contributed by atoms with E-state index >= 15 is 0 Å². The molecule has 8 nitrogen and oxygen atoms in total. The molecule has 0 unspecified atom stereocenters. The summed E-state index contributed by atoms with van der Waals surface area (Å²) >= 11 is 1.40. The summed E-state index contributed by atoms with van der Waals surface area (Å²) in [6, 6.07) is 10.3. The van der Waals surface area contributed by atoms with Gasteiger partial charge in [-0.15, -0.1) is 10.2 Å². The van der Waals surface area contributed by atoms with Gasteiger partial charge < -0.3 is 15.2 Å². The van der Waals surface area contributed by atoms with Crippen molar-refractivity contribution in [2.24, 2.45) is 11.7 Å². The Morgan fingerprint density at radius 1 is 1.26 bits per heavy atom. The Morgan fingerprint density at radius 3 is 2.65 bits per heavy atom. The lowest BCUT2D eigenvalue weighted by molar-refractivity contribution is -0.132. The first-order chi connectivity index (χ1) is 14.9. The fourth-order valence-electron chi connectivity index (χ4n) is 4.00. The van der Waals surface area contributed by atoms with E-state index in [4.69, 9.17) is 5.73 Å². The van der Waals surface area contributed by atoms with Gasteiger partial charge in [-0.05, 0) is 38.9 Å². The summed E-state index contributed by atoms with van der Waals surface area (Å²) in [7, 11) is 4.08. The van der Waals surface area contributed by atoms with Gasteiger partial charge in [0.1, 0.15) is 0 Å². The van der Waals surface area contributed by atoms with Crippen molar-refractivity contribution in [1.82, 2.24) is 24.6 Å². The van der Waals surface area contributed by atoms with E-state index in [-0.39, 0.29) is 29.5 Å². The van der Waals surface area contributed by atoms with Gasteiger partial charge in [0, 0.05) is 13.1 Å². The second kappa shape index (κ2) is 10.8. The Morgan fingerprint density at radius 2 is 2.00 bits per heavy atom. The molecule has 0 radical (unpaired) electrons. The van der Waals surface area contributed by atoms with E-state index in [1.165, 1.54) is 11.8 Å². The van der Waals surface area contributed by atoms with E-state index in [0.29, 0.717) is 19.6 Å². The van der Waals surface area contributed by atoms with Crippen LogP contribution in [0.1, 0.15) is 43.6 Å². The Kier molecular flexibility index (Phi) is 8.09. The summed E-state index contributed by atoms with van der Waals surface area (Å²) in [6.45, 7) is 3.87. The molecule has 31 heavy (non-hydrogen) atoms. The third-order valence-electron chi connectivity index (χ3n) is 5.74. The molecule has 0 spiro atoms. The molecule has 1 saturated heterocycles. The number of likely N-dealkylation sites (tertiary alicyclic amines) is 1. The Balaban J connectivity index is 1.76. The molecule has 2 amide bonds. The van der Waals surface area contributed by atoms with Crippen LogP contribution in [0.2, 0.25) is 0 Å². The van der Waals surface area contributed by atoms with Crippen LogP contribution in [0.15, 0.2) is 35.5 Å². The van der Waals surface area contributed by atoms with Crippen LogP contribution in [0.3, 0.4) is 0 Å². The van der Waals surface area contributed by atoms with E-state index in [1.54, 1.807) is 4.90 Å². The highest BCUT2D eigenvalue weighted by Gasteiger charge is 2.28. The second-order valence-corrected chi connectivity index (χ2v) is 9.11. The maximum atomic E-state index is 12.8. The molecule has 2 aromatic rings. The molecule has 0 saturated carbocycles. The lowest BCUT2D eigenvalue weighted by Crippen LogP contribution is -2.44. The third-order valence-corrected chi connectivity index (χ3v) is 6.69. The number of primary amides is 1. The summed E-state index contributed by atoms with van der Waals surface area (Å²) in [5.41, 5.74) is 6.61. The molecule has 1 fully saturated rings. The molecule has 3 rings (SSSR count). The first-order valence-corrected chi connectivity index (χ1v) is 11.7. The van der Waals surface area contributed by atoms with Gasteiger partial charge in [0.05, 0.1) is 24.3 Å². The zero-order chi connectivity index (χ0) is 22.4. The largest absolute Gasteiger partial charge is 0.369 e. The van der Waals surface area contributed by atoms with E-state index in [0.717, 1.165) is 35.8 Å². The maximum absolute atomic E-state index is 12.8. The Bertz CT molecular complexity index is 885. The van der Waals surface area contributed by atoms with Crippen molar-refractivity contribution in [3.63, 3.8) is 0 Å². The molecular weight excluding hydrogens is 412 g/mol. The highest BCUT2D eigenvalue weighted by atomic mass is 32.2. The van der Waals surface area contributed by atoms with Gasteiger partial charge in [0.2, 0.25) is 11.8 Å². The van der Waals surface area contributed by atoms with Crippen molar-refractivity contribution in [2.45, 2.75) is 43.9 Å². The van der Waals surface area contributed by atoms with Crippen LogP contribution in [0.4, 0.5) is 0 Å². The van der Waals surface area contributed by atoms with Gasteiger partial charge in [0.25, 0.3) is 0 Å². The van der Waals surface area contributed by atoms with Crippen molar-refractivity contribution in [3.8, 4) is 0 Å². The molecule has 9 heteroatoms. The first kappa shape index (κ1) is 23.3. The number of piperidine rings is 1. The predicted molar refractivity (Wildman–Crippen MR) is 122 cm³/mol. The van der Waals surface area contributed by atoms with Crippen LogP contribution in [0.5, 0.6) is 0 Å². The number of nitrogens with two attached hydrogens (primary N) is 1. The zero-order valence-electron chi connectivity index (χ0n) is 18.5. The van der Waals surface area contributed by atoms with Gasteiger partial charge in [-0.2, -0.15) is 0 Å². The molecule has 168 valence electrons. The average Bonchev–Trinajstić information content (AvgIpc) is 3.15. The molecule has 2 atom stereocenters. The SMILES string of the molecule is CC[C@@H](c1nnc(SCC(=O)N2CCC[C@@H](C(N)=O)C2)n1Cc1ccccc1)N(C)C. The average molecular weight is 445 g/mol. The molecular formula is C22H32N6O2S. The van der Waals surface area contributed by atoms with Crippen LogP contribution in [0, 0.1) is 5.92 Å². The number of aromatic nitrogens is 3. The van der Waals surface area contributed by atoms with Gasteiger partial charge in [-0.3, -0.25) is 14.5 Å². The van der Waals surface area contributed by atoms with Crippen LogP contribution >= 0.6 is 11.8 Å². The van der Waals surface area contributed by atoms with Crippen molar-refractivity contribution < 1.29 is 9.59 Å². The maximum Gasteiger partial charge on any atom is 0.233 e. The standard InChI is InChI=1S/C22H32N6O2S/c1-4-18(26(2)3)21-24-25-22(28(21)13-16-9-6-5-7-10-16)31-15-19(29)27-12-8-11-17(14-27)20(23)30/h5-7,9-10,17-18H,4,8,11-15H2,1-3H3,(H2,23,30)/t17-,18+/m1/s1. The number of carbonyl (C=O) groups excluding carboxylic acids is 2. The second-order valence-electron chi connectivity index (χ2n) is 8.17. The fraction of sp³-hybridized carbons (Fsp3) is 0.545. The molecule has 1 aromatic carbocycles. The lowest BCUT2D eigenvalue weighted by Gasteiger charge is -2.31. The first-order valence-electron chi connectivity index (χ1n) is 10.7. The summed E-state index contributed by atoms with van der Waals surface area (Å²) in [4.78, 5) is 28.2. The van der Waals surface area contributed by atoms with E-state index in [9.17, 15) is 9.59 Å². The van der Waals surface area contributed by atoms with E-state index < -0.39 is 0 Å². The number of benzene rings is 1. The summed E-state index contributed by atoms with van der Waals surface area (Å²) in [6.07, 6.45) is 2.47. The minimum Gasteiger partial charge on any atom is -0.369 e. The van der Waals surface area contributed by atoms with Crippen LogP contribution in [-0.2, 0) is 16.1 Å². The number of nitrogens with zero attached hydrogens (tertiary/aromatic N) is 5. The fourth-order valence-corrected chi connectivity index (χ4v) is 4.85. The van der Waals surface area contributed by atoms with Gasteiger partial charge >= 0.3 is 0 Å². The number of thioether (sulfide) groups is 1. The molecule has 1 aromatic heterocycles. The third kappa shape index (κ3) is 5.86. The molecule has 1 aliphatic rings. The van der Waals surface area contributed by atoms with Crippen LogP contribution in [0.25, 0.3) is 0 Å². The predicted octanol–water partition coefficient (Wildman–Crippen LogP) is 2.16. The quantitative estimate of drug-likeness (QED) is 0.595. The normalized spacial score (nSPS) is 17.7. The molecule has 1 aliphatic heterocycles. The van der Waals surface area contributed by atoms with Gasteiger partial charge in [-0.1, -0.05) is 49.0 Å². The van der Waals surface area contributed by atoms with Crippen molar-refractivity contribution in [3.05, 3.63) is 41.7 Å². The molecule has 2 heterocycles. The molecule has 2 N–H and O–H groups in total. The smallest absolute Gasteiger partial charge is 0.233 e. The Labute approximate surface area is 188 Å². The Hall–Kier alpha value is -2.39. The van der Waals surface area contributed by atoms with Crippen molar-refractivity contribution >= 4 is 23.6 Å². The summed E-state index contributed by atoms with van der Waals surface area (Å²) in [5, 5.41) is 9.66. The van der Waals surface area contributed by atoms with Gasteiger partial charge in [0.15, 0.2) is 11.0 Å². The minimum atomic E-state index is -0.327. The molecule has 0 bridgehead atoms. The van der Waals surface area contributed by atoms with Gasteiger partial charge in [-0.25, -0.2) is 0 Å². The summed E-state index contributed by atoms with van der Waals surface area (Å²) in [5.74, 6) is 0.592. The highest BCUT2D eigenvalue weighted by Crippen LogP contribution is 2.27. The number of rotatable bonds is 9. The van der Waals surface area contributed by atoms with E-state index in [1.807, 2.05) is 32.3 Å². The monoisotopic (exact) mass is 444 g/mol. The van der Waals surface area contributed by atoms with Crippen LogP contribution in [-0.4, -0.2) is 69.3 Å². The zero-order valence-corrected chi connectivity index (χ0v) is 19.3. The number of hydrogen-bond donors (Lipinski definition) is 1. The van der Waals surface area contributed by atoms with E-state index in [2.05, 4.69) is 38.7 Å². The number of carbonyl (C=O) groups is 2. The van der Waals surface area contributed by atoms with Crippen LogP contribution < -0.4 is 5.73 Å². The van der Waals surface area contributed by atoms with Crippen molar-refractivity contribution in [1.29, 1.82) is 0 Å². The minimum absolute atomic E-state index is 0.00594. The molecule has 0 aliphatic carbocycles. The lowest BCUT2D eigenvalue weighted by atomic mass is 9.97. The number of hydrogen-bond acceptors (Lipinski definition) is 6. The number of amides is 2. The topological polar surface area (TPSA) is 97.4 Å². The van der Waals surface area contributed by atoms with Crippen molar-refractivity contribution in [2.75, 3.05) is 32.9 Å². The summed E-state index contributed by atoms with van der Waals surface area (Å²) < 4.78 is 2.11. The highest BCUT2D eigenvalue weighted by molar-refractivity contribution is 7.99.